The lowest BCUT2D eigenvalue weighted by Crippen LogP contribution is -2.39. The SMILES string of the molecule is CN(C)C(=O)c1cc2n(n1)CCN(C(=O)Cc1ccccc1F)C2. The number of fused-ring (bicyclic) bond motifs is 1. The van der Waals surface area contributed by atoms with E-state index in [2.05, 4.69) is 5.10 Å². The van der Waals surface area contributed by atoms with Gasteiger partial charge in [0.25, 0.3) is 5.91 Å². The van der Waals surface area contributed by atoms with Gasteiger partial charge < -0.3 is 9.80 Å². The second-order valence-corrected chi connectivity index (χ2v) is 6.03. The first-order valence-electron chi connectivity index (χ1n) is 7.75. The van der Waals surface area contributed by atoms with Gasteiger partial charge in [-0.1, -0.05) is 18.2 Å². The van der Waals surface area contributed by atoms with Crippen LogP contribution in [0.3, 0.4) is 0 Å². The molecule has 0 atom stereocenters. The van der Waals surface area contributed by atoms with Crippen LogP contribution in [0.1, 0.15) is 21.7 Å². The van der Waals surface area contributed by atoms with Gasteiger partial charge in [0.2, 0.25) is 5.91 Å². The molecule has 7 heteroatoms. The fourth-order valence-electron chi connectivity index (χ4n) is 2.73. The second-order valence-electron chi connectivity index (χ2n) is 6.03. The third-order valence-corrected chi connectivity index (χ3v) is 4.08. The number of hydrogen-bond donors (Lipinski definition) is 0. The molecule has 0 unspecified atom stereocenters. The molecule has 126 valence electrons. The van der Waals surface area contributed by atoms with Crippen molar-refractivity contribution in [2.24, 2.45) is 0 Å². The van der Waals surface area contributed by atoms with Gasteiger partial charge in [-0.2, -0.15) is 5.10 Å². The van der Waals surface area contributed by atoms with Gasteiger partial charge in [-0.05, 0) is 17.7 Å². The zero-order chi connectivity index (χ0) is 17.3. The lowest BCUT2D eigenvalue weighted by molar-refractivity contribution is -0.132. The van der Waals surface area contributed by atoms with Gasteiger partial charge >= 0.3 is 0 Å². The van der Waals surface area contributed by atoms with Crippen molar-refractivity contribution >= 4 is 11.8 Å². The van der Waals surface area contributed by atoms with Crippen LogP contribution in [-0.2, 0) is 24.3 Å². The van der Waals surface area contributed by atoms with Gasteiger partial charge in [0.05, 0.1) is 25.2 Å². The van der Waals surface area contributed by atoms with Crippen molar-refractivity contribution in [2.75, 3.05) is 20.6 Å². The smallest absolute Gasteiger partial charge is 0.273 e. The maximum absolute atomic E-state index is 13.7. The van der Waals surface area contributed by atoms with E-state index in [1.165, 1.54) is 11.0 Å². The van der Waals surface area contributed by atoms with Crippen LogP contribution in [0.25, 0.3) is 0 Å². The quantitative estimate of drug-likeness (QED) is 0.853. The van der Waals surface area contributed by atoms with E-state index in [-0.39, 0.29) is 24.1 Å². The van der Waals surface area contributed by atoms with Gasteiger partial charge in [-0.3, -0.25) is 14.3 Å². The molecule has 0 saturated heterocycles. The van der Waals surface area contributed by atoms with Crippen LogP contribution in [0, 0.1) is 5.82 Å². The van der Waals surface area contributed by atoms with Crippen molar-refractivity contribution in [1.29, 1.82) is 0 Å². The minimum atomic E-state index is -0.369. The van der Waals surface area contributed by atoms with Gasteiger partial charge in [-0.15, -0.1) is 0 Å². The van der Waals surface area contributed by atoms with Crippen molar-refractivity contribution < 1.29 is 14.0 Å². The molecule has 0 bridgehead atoms. The Labute approximate surface area is 139 Å². The van der Waals surface area contributed by atoms with Gasteiger partial charge in [0, 0.05) is 20.6 Å². The number of rotatable bonds is 3. The Bertz CT molecular complexity index is 785. The van der Waals surface area contributed by atoms with Crippen LogP contribution < -0.4 is 0 Å². The van der Waals surface area contributed by atoms with Crippen LogP contribution in [-0.4, -0.2) is 52.0 Å². The molecule has 0 N–H and O–H groups in total. The molecule has 3 rings (SSSR count). The number of hydrogen-bond acceptors (Lipinski definition) is 3. The van der Waals surface area contributed by atoms with Crippen LogP contribution in [0.4, 0.5) is 4.39 Å². The summed E-state index contributed by atoms with van der Waals surface area (Å²) >= 11 is 0. The molecule has 1 aliphatic heterocycles. The molecule has 0 aliphatic carbocycles. The Balaban J connectivity index is 1.72. The van der Waals surface area contributed by atoms with E-state index in [1.54, 1.807) is 47.9 Å². The molecule has 2 heterocycles. The van der Waals surface area contributed by atoms with Gasteiger partial charge in [-0.25, -0.2) is 4.39 Å². The molecular formula is C17H19FN4O2. The third-order valence-electron chi connectivity index (χ3n) is 4.08. The number of carbonyl (C=O) groups is 2. The standard InChI is InChI=1S/C17H19FN4O2/c1-20(2)17(24)15-10-13-11-21(7-8-22(13)19-15)16(23)9-12-5-3-4-6-14(12)18/h3-6,10H,7-9,11H2,1-2H3. The maximum atomic E-state index is 13.7. The van der Waals surface area contributed by atoms with Crippen molar-refractivity contribution in [2.45, 2.75) is 19.5 Å². The number of nitrogens with zero attached hydrogens (tertiary/aromatic N) is 4. The maximum Gasteiger partial charge on any atom is 0.273 e. The Morgan fingerprint density at radius 1 is 1.25 bits per heavy atom. The molecule has 2 aromatic rings. The molecule has 0 spiro atoms. The highest BCUT2D eigenvalue weighted by Gasteiger charge is 2.24. The van der Waals surface area contributed by atoms with E-state index in [1.807, 2.05) is 0 Å². The molecule has 2 amide bonds. The van der Waals surface area contributed by atoms with Crippen LogP contribution in [0.5, 0.6) is 0 Å². The van der Waals surface area contributed by atoms with E-state index in [9.17, 15) is 14.0 Å². The molecular weight excluding hydrogens is 311 g/mol. The first-order chi connectivity index (χ1) is 11.5. The Morgan fingerprint density at radius 2 is 2.00 bits per heavy atom. The van der Waals surface area contributed by atoms with E-state index < -0.39 is 0 Å². The van der Waals surface area contributed by atoms with Crippen LogP contribution in [0.2, 0.25) is 0 Å². The van der Waals surface area contributed by atoms with Crippen molar-refractivity contribution in [3.05, 3.63) is 53.1 Å². The normalized spacial score (nSPS) is 13.5. The lowest BCUT2D eigenvalue weighted by Gasteiger charge is -2.27. The Morgan fingerprint density at radius 3 is 2.71 bits per heavy atom. The summed E-state index contributed by atoms with van der Waals surface area (Å²) in [5, 5.41) is 4.29. The zero-order valence-electron chi connectivity index (χ0n) is 13.7. The lowest BCUT2D eigenvalue weighted by atomic mass is 10.1. The van der Waals surface area contributed by atoms with E-state index >= 15 is 0 Å². The minimum Gasteiger partial charge on any atom is -0.343 e. The summed E-state index contributed by atoms with van der Waals surface area (Å²) in [5.41, 5.74) is 1.58. The van der Waals surface area contributed by atoms with Gasteiger partial charge in [0.15, 0.2) is 5.69 Å². The summed E-state index contributed by atoms with van der Waals surface area (Å²) in [6.45, 7) is 1.40. The number of amides is 2. The van der Waals surface area contributed by atoms with Crippen molar-refractivity contribution in [3.63, 3.8) is 0 Å². The first kappa shape index (κ1) is 16.2. The first-order valence-corrected chi connectivity index (χ1v) is 7.75. The second kappa shape index (κ2) is 6.43. The summed E-state index contributed by atoms with van der Waals surface area (Å²) < 4.78 is 15.5. The molecule has 1 aliphatic rings. The zero-order valence-corrected chi connectivity index (χ0v) is 13.7. The highest BCUT2D eigenvalue weighted by molar-refractivity contribution is 5.92. The fraction of sp³-hybridized carbons (Fsp3) is 0.353. The average Bonchev–Trinajstić information content (AvgIpc) is 2.99. The van der Waals surface area contributed by atoms with Crippen LogP contribution >= 0.6 is 0 Å². The molecule has 0 fully saturated rings. The summed E-state index contributed by atoms with van der Waals surface area (Å²) in [6, 6.07) is 8.01. The summed E-state index contributed by atoms with van der Waals surface area (Å²) in [5.74, 6) is -0.666. The average molecular weight is 330 g/mol. The van der Waals surface area contributed by atoms with Crippen molar-refractivity contribution in [1.82, 2.24) is 19.6 Å². The molecule has 0 radical (unpaired) electrons. The third kappa shape index (κ3) is 3.15. The summed E-state index contributed by atoms with van der Waals surface area (Å²) in [7, 11) is 3.34. The number of carbonyl (C=O) groups excluding carboxylic acids is 2. The molecule has 24 heavy (non-hydrogen) atoms. The highest BCUT2D eigenvalue weighted by atomic mass is 19.1. The molecule has 6 nitrogen and oxygen atoms in total. The fourth-order valence-corrected chi connectivity index (χ4v) is 2.73. The molecule has 0 saturated carbocycles. The Kier molecular flexibility index (Phi) is 4.33. The predicted molar refractivity (Wildman–Crippen MR) is 85.8 cm³/mol. The van der Waals surface area contributed by atoms with Crippen molar-refractivity contribution in [3.8, 4) is 0 Å². The van der Waals surface area contributed by atoms with E-state index in [4.69, 9.17) is 0 Å². The monoisotopic (exact) mass is 330 g/mol. The molecule has 1 aromatic carbocycles. The van der Waals surface area contributed by atoms with E-state index in [0.717, 1.165) is 5.69 Å². The minimum absolute atomic E-state index is 0.0320. The molecule has 1 aromatic heterocycles. The predicted octanol–water partition coefficient (Wildman–Crippen LogP) is 1.31. The van der Waals surface area contributed by atoms with E-state index in [0.29, 0.717) is 30.9 Å². The highest BCUT2D eigenvalue weighted by Crippen LogP contribution is 2.16. The summed E-state index contributed by atoms with van der Waals surface area (Å²) in [4.78, 5) is 27.6. The number of benzene rings is 1. The van der Waals surface area contributed by atoms with Crippen LogP contribution in [0.15, 0.2) is 30.3 Å². The topological polar surface area (TPSA) is 58.4 Å². The summed E-state index contributed by atoms with van der Waals surface area (Å²) in [6.07, 6.45) is 0.0320. The Hall–Kier alpha value is -2.70. The van der Waals surface area contributed by atoms with Gasteiger partial charge in [0.1, 0.15) is 5.82 Å². The largest absolute Gasteiger partial charge is 0.343 e. The number of aromatic nitrogens is 2. The number of halogens is 1.